The maximum atomic E-state index is 12.7. The van der Waals surface area contributed by atoms with E-state index in [1.54, 1.807) is 0 Å². The van der Waals surface area contributed by atoms with Crippen molar-refractivity contribution >= 4 is 12.0 Å². The molecule has 1 aromatic heterocycles. The van der Waals surface area contributed by atoms with Gasteiger partial charge in [0.25, 0.3) is 5.56 Å². The molecule has 2 saturated carbocycles. The number of rotatable bonds is 6. The lowest BCUT2D eigenvalue weighted by Gasteiger charge is -2.26. The van der Waals surface area contributed by atoms with Crippen molar-refractivity contribution in [1.29, 1.82) is 0 Å². The van der Waals surface area contributed by atoms with E-state index in [-0.39, 0.29) is 23.6 Å². The van der Waals surface area contributed by atoms with Crippen LogP contribution in [-0.2, 0) is 6.54 Å². The van der Waals surface area contributed by atoms with Gasteiger partial charge in [0.15, 0.2) is 0 Å². The average Bonchev–Trinajstić information content (AvgIpc) is 3.50. The van der Waals surface area contributed by atoms with Crippen LogP contribution in [0, 0.1) is 11.8 Å². The molecule has 0 aromatic carbocycles. The van der Waals surface area contributed by atoms with Gasteiger partial charge in [0.05, 0.1) is 5.69 Å². The molecule has 142 valence electrons. The first kappa shape index (κ1) is 17.3. The van der Waals surface area contributed by atoms with E-state index in [0.29, 0.717) is 36.7 Å². The van der Waals surface area contributed by atoms with Gasteiger partial charge < -0.3 is 16.0 Å². The van der Waals surface area contributed by atoms with Gasteiger partial charge >= 0.3 is 6.03 Å². The van der Waals surface area contributed by atoms with Crippen LogP contribution >= 0.6 is 0 Å². The van der Waals surface area contributed by atoms with Crippen LogP contribution in [0.2, 0.25) is 0 Å². The Balaban J connectivity index is 1.30. The number of aromatic nitrogens is 2. The van der Waals surface area contributed by atoms with Crippen LogP contribution in [0.5, 0.6) is 0 Å². The van der Waals surface area contributed by atoms with Crippen LogP contribution in [-0.4, -0.2) is 58.0 Å². The van der Waals surface area contributed by atoms with Gasteiger partial charge in [-0.3, -0.25) is 14.7 Å². The summed E-state index contributed by atoms with van der Waals surface area (Å²) in [5.74, 6) is 1.56. The van der Waals surface area contributed by atoms with Gasteiger partial charge in [0.1, 0.15) is 0 Å². The normalized spacial score (nSPS) is 23.0. The molecule has 2 amide bonds. The topological polar surface area (TPSA) is 107 Å². The molecular formula is C18H28N6O2. The van der Waals surface area contributed by atoms with Crippen LogP contribution in [0.25, 0.3) is 0 Å². The molecule has 2 aliphatic carbocycles. The fourth-order valence-corrected chi connectivity index (χ4v) is 4.05. The molecule has 1 saturated heterocycles. The van der Waals surface area contributed by atoms with E-state index in [4.69, 9.17) is 5.73 Å². The minimum atomic E-state index is -0.237. The molecule has 8 heteroatoms. The van der Waals surface area contributed by atoms with E-state index < -0.39 is 0 Å². The molecule has 3 aliphatic rings. The largest absolute Gasteiger partial charge is 0.369 e. The van der Waals surface area contributed by atoms with Gasteiger partial charge in [-0.05, 0) is 51.0 Å². The van der Waals surface area contributed by atoms with Crippen LogP contribution in [0.1, 0.15) is 37.8 Å². The number of likely N-dealkylation sites (tertiary alicyclic amines) is 1. The highest BCUT2D eigenvalue weighted by Gasteiger charge is 2.43. The van der Waals surface area contributed by atoms with E-state index in [1.807, 2.05) is 11.9 Å². The minimum Gasteiger partial charge on any atom is -0.369 e. The highest BCUT2D eigenvalue weighted by atomic mass is 16.2. The SMILES string of the molecule is CN(Cc1cc(=O)[nH]c(N)n1)C1CCN(C(=O)NC(C2CC2)C2CC2)C1. The van der Waals surface area contributed by atoms with Crippen molar-refractivity contribution in [2.75, 3.05) is 25.9 Å². The summed E-state index contributed by atoms with van der Waals surface area (Å²) in [7, 11) is 2.00. The Morgan fingerprint density at radius 3 is 2.69 bits per heavy atom. The van der Waals surface area contributed by atoms with Gasteiger partial charge in [-0.1, -0.05) is 0 Å². The molecule has 2 heterocycles. The number of carbonyl (C=O) groups is 1. The summed E-state index contributed by atoms with van der Waals surface area (Å²) in [5.41, 5.74) is 6.02. The average molecular weight is 360 g/mol. The molecule has 3 fully saturated rings. The summed E-state index contributed by atoms with van der Waals surface area (Å²) in [5, 5.41) is 3.30. The number of nitrogens with one attached hydrogen (secondary N) is 2. The molecule has 0 spiro atoms. The summed E-state index contributed by atoms with van der Waals surface area (Å²) < 4.78 is 0. The van der Waals surface area contributed by atoms with Crippen molar-refractivity contribution in [3.63, 3.8) is 0 Å². The molecule has 4 N–H and O–H groups in total. The van der Waals surface area contributed by atoms with Gasteiger partial charge in [0.2, 0.25) is 5.95 Å². The number of amides is 2. The Morgan fingerprint density at radius 1 is 1.38 bits per heavy atom. The molecule has 0 radical (unpaired) electrons. The highest BCUT2D eigenvalue weighted by Crippen LogP contribution is 2.44. The van der Waals surface area contributed by atoms with E-state index in [2.05, 4.69) is 20.2 Å². The van der Waals surface area contributed by atoms with Gasteiger partial charge in [-0.15, -0.1) is 0 Å². The number of likely N-dealkylation sites (N-methyl/N-ethyl adjacent to an activating group) is 1. The molecule has 4 rings (SSSR count). The highest BCUT2D eigenvalue weighted by molar-refractivity contribution is 5.75. The van der Waals surface area contributed by atoms with Gasteiger partial charge in [-0.25, -0.2) is 9.78 Å². The minimum absolute atomic E-state index is 0.0863. The number of hydrogen-bond donors (Lipinski definition) is 3. The van der Waals surface area contributed by atoms with Gasteiger partial charge in [-0.2, -0.15) is 0 Å². The summed E-state index contributed by atoms with van der Waals surface area (Å²) in [6.07, 6.45) is 5.98. The van der Waals surface area contributed by atoms with Crippen molar-refractivity contribution in [1.82, 2.24) is 25.1 Å². The molecule has 1 atom stereocenters. The number of aromatic amines is 1. The Bertz CT molecular complexity index is 715. The molecule has 1 aliphatic heterocycles. The molecule has 26 heavy (non-hydrogen) atoms. The quantitative estimate of drug-likeness (QED) is 0.694. The first-order valence-corrected chi connectivity index (χ1v) is 9.61. The Kier molecular flexibility index (Phi) is 4.60. The Hall–Kier alpha value is -2.09. The van der Waals surface area contributed by atoms with Crippen molar-refractivity contribution in [2.45, 2.75) is 50.7 Å². The van der Waals surface area contributed by atoms with Crippen molar-refractivity contribution in [2.24, 2.45) is 11.8 Å². The molecule has 1 aromatic rings. The second-order valence-electron chi connectivity index (χ2n) is 8.08. The predicted octanol–water partition coefficient (Wildman–Crippen LogP) is 0.756. The third kappa shape index (κ3) is 4.00. The fraction of sp³-hybridized carbons (Fsp3) is 0.722. The number of hydrogen-bond acceptors (Lipinski definition) is 5. The lowest BCUT2D eigenvalue weighted by molar-refractivity contribution is 0.190. The Labute approximate surface area is 153 Å². The van der Waals surface area contributed by atoms with Gasteiger partial charge in [0, 0.05) is 37.8 Å². The zero-order valence-corrected chi connectivity index (χ0v) is 15.3. The van der Waals surface area contributed by atoms with E-state index >= 15 is 0 Å². The van der Waals surface area contributed by atoms with Crippen LogP contribution in [0.15, 0.2) is 10.9 Å². The summed E-state index contributed by atoms with van der Waals surface area (Å²) in [6.45, 7) is 2.03. The third-order valence-electron chi connectivity index (χ3n) is 5.85. The number of anilines is 1. The first-order valence-electron chi connectivity index (χ1n) is 9.61. The van der Waals surface area contributed by atoms with Crippen molar-refractivity contribution in [3.05, 3.63) is 22.1 Å². The predicted molar refractivity (Wildman–Crippen MR) is 98.5 cm³/mol. The second kappa shape index (κ2) is 6.90. The van der Waals surface area contributed by atoms with E-state index in [0.717, 1.165) is 13.0 Å². The third-order valence-corrected chi connectivity index (χ3v) is 5.85. The van der Waals surface area contributed by atoms with E-state index in [1.165, 1.54) is 31.7 Å². The fourth-order valence-electron chi connectivity index (χ4n) is 4.05. The zero-order chi connectivity index (χ0) is 18.3. The second-order valence-corrected chi connectivity index (χ2v) is 8.08. The summed E-state index contributed by atoms with van der Waals surface area (Å²) >= 11 is 0. The zero-order valence-electron chi connectivity index (χ0n) is 15.3. The molecule has 1 unspecified atom stereocenters. The van der Waals surface area contributed by atoms with Crippen molar-refractivity contribution < 1.29 is 4.79 Å². The molecule has 8 nitrogen and oxygen atoms in total. The van der Waals surface area contributed by atoms with Crippen molar-refractivity contribution in [3.8, 4) is 0 Å². The van der Waals surface area contributed by atoms with Crippen LogP contribution in [0.4, 0.5) is 10.7 Å². The lowest BCUT2D eigenvalue weighted by atomic mass is 10.1. The number of nitrogens with zero attached hydrogens (tertiary/aromatic N) is 3. The maximum absolute atomic E-state index is 12.7. The number of nitrogens with two attached hydrogens (primary N) is 1. The summed E-state index contributed by atoms with van der Waals surface area (Å²) in [4.78, 5) is 34.9. The number of urea groups is 1. The first-order chi connectivity index (χ1) is 12.5. The number of nitrogen functional groups attached to an aromatic ring is 1. The number of carbonyl (C=O) groups excluding carboxylic acids is 1. The standard InChI is InChI=1S/C18H28N6O2/c1-23(9-13-8-15(25)21-17(19)20-13)14-6-7-24(10-14)18(26)22-16(11-2-3-11)12-4-5-12/h8,11-12,14,16H,2-7,9-10H2,1H3,(H,22,26)(H3,19,20,21,25). The molecule has 0 bridgehead atoms. The smallest absolute Gasteiger partial charge is 0.317 e. The lowest BCUT2D eigenvalue weighted by Crippen LogP contribution is -2.46. The monoisotopic (exact) mass is 360 g/mol. The van der Waals surface area contributed by atoms with E-state index in [9.17, 15) is 9.59 Å². The summed E-state index contributed by atoms with van der Waals surface area (Å²) in [6, 6.07) is 2.22. The van der Waals surface area contributed by atoms with Crippen LogP contribution < -0.4 is 16.6 Å². The van der Waals surface area contributed by atoms with Crippen LogP contribution in [0.3, 0.4) is 0 Å². The number of H-pyrrole nitrogens is 1. The Morgan fingerprint density at radius 2 is 2.08 bits per heavy atom. The maximum Gasteiger partial charge on any atom is 0.317 e. The molecular weight excluding hydrogens is 332 g/mol.